The van der Waals surface area contributed by atoms with Crippen molar-refractivity contribution in [2.24, 2.45) is 11.7 Å². The lowest BCUT2D eigenvalue weighted by Crippen LogP contribution is -2.39. The normalized spacial score (nSPS) is 19.2. The molecule has 5 heteroatoms. The van der Waals surface area contributed by atoms with Gasteiger partial charge < -0.3 is 15.4 Å². The molecule has 1 unspecified atom stereocenters. The molecule has 1 aliphatic heterocycles. The van der Waals surface area contributed by atoms with Gasteiger partial charge in [-0.1, -0.05) is 12.1 Å². The van der Waals surface area contributed by atoms with E-state index < -0.39 is 17.7 Å². The molecule has 0 bridgehead atoms. The van der Waals surface area contributed by atoms with E-state index in [1.807, 2.05) is 0 Å². The van der Waals surface area contributed by atoms with E-state index in [9.17, 15) is 8.78 Å². The molecule has 1 heterocycles. The van der Waals surface area contributed by atoms with Gasteiger partial charge in [0.05, 0.1) is 0 Å². The van der Waals surface area contributed by atoms with Crippen molar-refractivity contribution in [1.82, 2.24) is 4.90 Å². The van der Waals surface area contributed by atoms with E-state index in [1.54, 1.807) is 13.2 Å². The van der Waals surface area contributed by atoms with E-state index in [-0.39, 0.29) is 5.56 Å². The molecule has 0 radical (unpaired) electrons. The highest BCUT2D eigenvalue weighted by molar-refractivity contribution is 5.22. The molecule has 0 aliphatic carbocycles. The highest BCUT2D eigenvalue weighted by atomic mass is 19.2. The van der Waals surface area contributed by atoms with Crippen LogP contribution in [0.1, 0.15) is 24.4 Å². The molecule has 1 atom stereocenters. The van der Waals surface area contributed by atoms with Crippen molar-refractivity contribution in [3.05, 3.63) is 35.4 Å². The SMILES string of the molecule is COCC1CCN(CC(N)c2cccc(F)c2F)CC1. The summed E-state index contributed by atoms with van der Waals surface area (Å²) in [5.74, 6) is -1.07. The van der Waals surface area contributed by atoms with Crippen LogP contribution in [-0.4, -0.2) is 38.3 Å². The van der Waals surface area contributed by atoms with Crippen LogP contribution in [0.2, 0.25) is 0 Å². The van der Waals surface area contributed by atoms with Gasteiger partial charge in [-0.05, 0) is 37.9 Å². The topological polar surface area (TPSA) is 38.5 Å². The predicted octanol–water partition coefficient (Wildman–Crippen LogP) is 2.32. The standard InChI is InChI=1S/C15H22F2N2O/c1-20-10-11-5-7-19(8-6-11)9-14(18)12-3-2-4-13(16)15(12)17/h2-4,11,14H,5-10,18H2,1H3. The molecule has 1 aromatic carbocycles. The van der Waals surface area contributed by atoms with Gasteiger partial charge in [0, 0.05) is 31.9 Å². The number of likely N-dealkylation sites (tertiary alicyclic amines) is 1. The zero-order valence-electron chi connectivity index (χ0n) is 11.8. The van der Waals surface area contributed by atoms with E-state index in [0.29, 0.717) is 12.5 Å². The van der Waals surface area contributed by atoms with Crippen molar-refractivity contribution in [1.29, 1.82) is 0 Å². The molecule has 112 valence electrons. The highest BCUT2D eigenvalue weighted by Crippen LogP contribution is 2.22. The van der Waals surface area contributed by atoms with Crippen LogP contribution in [0.4, 0.5) is 8.78 Å². The first-order chi connectivity index (χ1) is 9.61. The third kappa shape index (κ3) is 3.75. The van der Waals surface area contributed by atoms with E-state index in [2.05, 4.69) is 4.90 Å². The fourth-order valence-corrected chi connectivity index (χ4v) is 2.75. The maximum absolute atomic E-state index is 13.7. The predicted molar refractivity (Wildman–Crippen MR) is 74.3 cm³/mol. The van der Waals surface area contributed by atoms with Crippen molar-refractivity contribution in [3.63, 3.8) is 0 Å². The van der Waals surface area contributed by atoms with Crippen molar-refractivity contribution in [2.75, 3.05) is 33.4 Å². The van der Waals surface area contributed by atoms with Crippen LogP contribution in [0, 0.1) is 17.6 Å². The van der Waals surface area contributed by atoms with Gasteiger partial charge in [-0.3, -0.25) is 0 Å². The summed E-state index contributed by atoms with van der Waals surface area (Å²) in [7, 11) is 1.72. The van der Waals surface area contributed by atoms with Crippen LogP contribution in [0.5, 0.6) is 0 Å². The number of hydrogen-bond donors (Lipinski definition) is 1. The summed E-state index contributed by atoms with van der Waals surface area (Å²) in [5, 5.41) is 0. The number of nitrogens with zero attached hydrogens (tertiary/aromatic N) is 1. The molecule has 0 amide bonds. The lowest BCUT2D eigenvalue weighted by Gasteiger charge is -2.33. The third-order valence-corrected chi connectivity index (χ3v) is 3.95. The second kappa shape index (κ2) is 7.11. The minimum atomic E-state index is -0.836. The average molecular weight is 284 g/mol. The van der Waals surface area contributed by atoms with Gasteiger partial charge in [-0.25, -0.2) is 8.78 Å². The number of hydrogen-bond acceptors (Lipinski definition) is 3. The second-order valence-electron chi connectivity index (χ2n) is 5.45. The van der Waals surface area contributed by atoms with Crippen LogP contribution < -0.4 is 5.73 Å². The number of benzene rings is 1. The zero-order chi connectivity index (χ0) is 14.5. The van der Waals surface area contributed by atoms with Crippen LogP contribution >= 0.6 is 0 Å². The first-order valence-corrected chi connectivity index (χ1v) is 7.02. The summed E-state index contributed by atoms with van der Waals surface area (Å²) in [5.41, 5.74) is 6.27. The van der Waals surface area contributed by atoms with Gasteiger partial charge in [0.1, 0.15) is 0 Å². The molecule has 20 heavy (non-hydrogen) atoms. The lowest BCUT2D eigenvalue weighted by molar-refractivity contribution is 0.0969. The molecule has 0 saturated carbocycles. The van der Waals surface area contributed by atoms with Gasteiger partial charge in [0.25, 0.3) is 0 Å². The summed E-state index contributed by atoms with van der Waals surface area (Å²) < 4.78 is 32.0. The Balaban J connectivity index is 1.89. The Morgan fingerprint density at radius 3 is 2.70 bits per heavy atom. The molecule has 1 aliphatic rings. The van der Waals surface area contributed by atoms with Crippen molar-refractivity contribution >= 4 is 0 Å². The largest absolute Gasteiger partial charge is 0.384 e. The zero-order valence-corrected chi connectivity index (χ0v) is 11.8. The Morgan fingerprint density at radius 2 is 2.05 bits per heavy atom. The fraction of sp³-hybridized carbons (Fsp3) is 0.600. The Bertz CT molecular complexity index is 434. The second-order valence-corrected chi connectivity index (χ2v) is 5.45. The smallest absolute Gasteiger partial charge is 0.163 e. The van der Waals surface area contributed by atoms with Crippen molar-refractivity contribution in [2.45, 2.75) is 18.9 Å². The number of nitrogens with two attached hydrogens (primary N) is 1. The number of rotatable bonds is 5. The maximum Gasteiger partial charge on any atom is 0.163 e. The van der Waals surface area contributed by atoms with Gasteiger partial charge in [-0.15, -0.1) is 0 Å². The minimum Gasteiger partial charge on any atom is -0.384 e. The van der Waals surface area contributed by atoms with Crippen LogP contribution in [0.15, 0.2) is 18.2 Å². The monoisotopic (exact) mass is 284 g/mol. The Hall–Kier alpha value is -1.04. The molecule has 3 nitrogen and oxygen atoms in total. The summed E-state index contributed by atoms with van der Waals surface area (Å²) in [6.45, 7) is 3.20. The van der Waals surface area contributed by atoms with Crippen molar-refractivity contribution in [3.8, 4) is 0 Å². The minimum absolute atomic E-state index is 0.254. The fourth-order valence-electron chi connectivity index (χ4n) is 2.75. The van der Waals surface area contributed by atoms with Crippen LogP contribution in [0.3, 0.4) is 0 Å². The molecule has 1 aromatic rings. The number of halogens is 2. The number of piperidine rings is 1. The van der Waals surface area contributed by atoms with Gasteiger partial charge in [0.15, 0.2) is 11.6 Å². The van der Waals surface area contributed by atoms with Crippen LogP contribution in [-0.2, 0) is 4.74 Å². The Morgan fingerprint density at radius 1 is 1.35 bits per heavy atom. The molecular weight excluding hydrogens is 262 g/mol. The Kier molecular flexibility index (Phi) is 5.46. The lowest BCUT2D eigenvalue weighted by atomic mass is 9.97. The summed E-state index contributed by atoms with van der Waals surface area (Å²) in [4.78, 5) is 2.21. The molecule has 2 rings (SSSR count). The van der Waals surface area contributed by atoms with E-state index in [0.717, 1.165) is 38.6 Å². The van der Waals surface area contributed by atoms with Crippen LogP contribution in [0.25, 0.3) is 0 Å². The summed E-state index contributed by atoms with van der Waals surface area (Å²) in [6.07, 6.45) is 2.12. The first-order valence-electron chi connectivity index (χ1n) is 7.02. The third-order valence-electron chi connectivity index (χ3n) is 3.95. The summed E-state index contributed by atoms with van der Waals surface area (Å²) in [6, 6.07) is 3.67. The van der Waals surface area contributed by atoms with E-state index in [1.165, 1.54) is 6.07 Å². The van der Waals surface area contributed by atoms with Gasteiger partial charge in [0.2, 0.25) is 0 Å². The molecule has 1 fully saturated rings. The quantitative estimate of drug-likeness (QED) is 0.902. The summed E-state index contributed by atoms with van der Waals surface area (Å²) >= 11 is 0. The molecule has 2 N–H and O–H groups in total. The van der Waals surface area contributed by atoms with E-state index in [4.69, 9.17) is 10.5 Å². The molecule has 0 spiro atoms. The number of ether oxygens (including phenoxy) is 1. The molecule has 0 aromatic heterocycles. The van der Waals surface area contributed by atoms with Gasteiger partial charge in [-0.2, -0.15) is 0 Å². The average Bonchev–Trinajstić information content (AvgIpc) is 2.44. The maximum atomic E-state index is 13.7. The number of methoxy groups -OCH3 is 1. The molecule has 1 saturated heterocycles. The molecular formula is C15H22F2N2O. The van der Waals surface area contributed by atoms with Gasteiger partial charge >= 0.3 is 0 Å². The Labute approximate surface area is 118 Å². The first kappa shape index (κ1) is 15.4. The van der Waals surface area contributed by atoms with E-state index >= 15 is 0 Å². The van der Waals surface area contributed by atoms with Crippen molar-refractivity contribution < 1.29 is 13.5 Å². The highest BCUT2D eigenvalue weighted by Gasteiger charge is 2.22.